The molecule has 1 rings (SSSR count). The van der Waals surface area contributed by atoms with E-state index in [-0.39, 0.29) is 12.2 Å². The quantitative estimate of drug-likeness (QED) is 0.0568. The number of phenolic OH excluding ortho intramolecular Hbond substituents is 1. The van der Waals surface area contributed by atoms with Gasteiger partial charge in [-0.1, -0.05) is 12.1 Å². The molecule has 7 amide bonds. The zero-order chi connectivity index (χ0) is 37.4. The molecular formula is C28H42N8O13. The number of aliphatic hydroxyl groups is 3. The van der Waals surface area contributed by atoms with Crippen molar-refractivity contribution in [2.45, 2.75) is 75.0 Å². The van der Waals surface area contributed by atoms with Gasteiger partial charge in [-0.3, -0.25) is 33.6 Å². The lowest BCUT2D eigenvalue weighted by atomic mass is 10.0. The summed E-state index contributed by atoms with van der Waals surface area (Å²) in [5, 5.41) is 58.2. The molecule has 0 bridgehead atoms. The molecule has 1 aromatic rings. The number of aliphatic hydroxyl groups excluding tert-OH is 3. The Morgan fingerprint density at radius 1 is 0.694 bits per heavy atom. The molecule has 0 heterocycles. The minimum atomic E-state index is -1.82. The van der Waals surface area contributed by atoms with Crippen molar-refractivity contribution in [3.8, 4) is 5.75 Å². The average Bonchev–Trinajstić information content (AvgIpc) is 3.02. The monoisotopic (exact) mass is 698 g/mol. The molecule has 21 nitrogen and oxygen atoms in total. The Labute approximate surface area is 278 Å². The van der Waals surface area contributed by atoms with Crippen LogP contribution in [0.3, 0.4) is 0 Å². The number of hydrogen-bond acceptors (Lipinski definition) is 13. The lowest BCUT2D eigenvalue weighted by Gasteiger charge is -2.28. The number of carbonyl (C=O) groups is 8. The number of nitrogens with one attached hydrogen (secondary N) is 5. The number of rotatable bonds is 21. The maximum Gasteiger partial charge on any atom is 0.328 e. The van der Waals surface area contributed by atoms with Crippen LogP contribution in [-0.2, 0) is 44.8 Å². The first kappa shape index (κ1) is 41.6. The van der Waals surface area contributed by atoms with E-state index < -0.39 is 122 Å². The first-order chi connectivity index (χ1) is 22.9. The van der Waals surface area contributed by atoms with E-state index in [4.69, 9.17) is 22.3 Å². The minimum absolute atomic E-state index is 0.0898. The zero-order valence-corrected chi connectivity index (χ0v) is 26.3. The van der Waals surface area contributed by atoms with Gasteiger partial charge >= 0.3 is 5.97 Å². The second-order valence-electron chi connectivity index (χ2n) is 10.8. The van der Waals surface area contributed by atoms with Crippen LogP contribution in [0.2, 0.25) is 0 Å². The highest BCUT2D eigenvalue weighted by atomic mass is 16.4. The standard InChI is InChI=1S/C28H42N8O13/c1-12(39)22(36-26(46)17(33-23(43)15(29)10-37)8-13-2-4-14(40)5-3-13)27(47)32-16(6-7-20(30)41)24(44)34-18(9-21(31)42)25(45)35-19(11-38)28(48)49/h2-5,12,15-19,22,37-40H,6-11,29H2,1H3,(H2,30,41)(H2,31,42)(H,32,47)(H,33,43)(H,34,44)(H,35,45)(H,36,46)(H,48,49)/t12-,15+,16+,17+,18+,19+,22+/m1/s1. The Kier molecular flexibility index (Phi) is 17.1. The van der Waals surface area contributed by atoms with E-state index in [1.807, 2.05) is 5.32 Å². The molecule has 0 aliphatic heterocycles. The fraction of sp³-hybridized carbons (Fsp3) is 0.500. The molecule has 7 atom stereocenters. The third-order valence-electron chi connectivity index (χ3n) is 6.75. The van der Waals surface area contributed by atoms with E-state index in [2.05, 4.69) is 21.3 Å². The Morgan fingerprint density at radius 2 is 1.20 bits per heavy atom. The highest BCUT2D eigenvalue weighted by Crippen LogP contribution is 2.12. The van der Waals surface area contributed by atoms with E-state index >= 15 is 0 Å². The van der Waals surface area contributed by atoms with Crippen molar-refractivity contribution in [3.05, 3.63) is 29.8 Å². The highest BCUT2D eigenvalue weighted by molar-refractivity contribution is 5.97. The van der Waals surface area contributed by atoms with Crippen molar-refractivity contribution in [1.82, 2.24) is 26.6 Å². The van der Waals surface area contributed by atoms with Crippen molar-refractivity contribution in [2.75, 3.05) is 13.2 Å². The van der Waals surface area contributed by atoms with Crippen molar-refractivity contribution >= 4 is 47.3 Å². The molecular weight excluding hydrogens is 656 g/mol. The summed E-state index contributed by atoms with van der Waals surface area (Å²) in [6.07, 6.45) is -3.71. The van der Waals surface area contributed by atoms with Crippen LogP contribution in [0, 0.1) is 0 Å². The molecule has 0 saturated carbocycles. The predicted octanol–water partition coefficient (Wildman–Crippen LogP) is -6.72. The third kappa shape index (κ3) is 14.5. The third-order valence-corrected chi connectivity index (χ3v) is 6.75. The van der Waals surface area contributed by atoms with Crippen LogP contribution < -0.4 is 43.8 Å². The summed E-state index contributed by atoms with van der Waals surface area (Å²) in [4.78, 5) is 99.3. The first-order valence-electron chi connectivity index (χ1n) is 14.6. The van der Waals surface area contributed by atoms with Crippen molar-refractivity contribution in [1.29, 1.82) is 0 Å². The van der Waals surface area contributed by atoms with Crippen LogP contribution in [0.1, 0.15) is 31.7 Å². The molecule has 0 radical (unpaired) electrons. The van der Waals surface area contributed by atoms with E-state index in [0.717, 1.165) is 6.92 Å². The summed E-state index contributed by atoms with van der Waals surface area (Å²) in [7, 11) is 0. The van der Waals surface area contributed by atoms with E-state index in [0.29, 0.717) is 5.56 Å². The summed E-state index contributed by atoms with van der Waals surface area (Å²) >= 11 is 0. The van der Waals surface area contributed by atoms with E-state index in [1.165, 1.54) is 24.3 Å². The van der Waals surface area contributed by atoms with Gasteiger partial charge in [-0.2, -0.15) is 0 Å². The number of benzene rings is 1. The van der Waals surface area contributed by atoms with Crippen LogP contribution in [-0.4, -0.2) is 128 Å². The molecule has 49 heavy (non-hydrogen) atoms. The van der Waals surface area contributed by atoms with Crippen LogP contribution in [0.4, 0.5) is 0 Å². The number of carbonyl (C=O) groups excluding carboxylic acids is 7. The largest absolute Gasteiger partial charge is 0.508 e. The van der Waals surface area contributed by atoms with Gasteiger partial charge in [0.05, 0.1) is 25.7 Å². The number of hydrogen-bond donors (Lipinski definition) is 13. The molecule has 0 spiro atoms. The van der Waals surface area contributed by atoms with Crippen LogP contribution in [0.5, 0.6) is 5.75 Å². The van der Waals surface area contributed by atoms with Gasteiger partial charge in [0.25, 0.3) is 0 Å². The Bertz CT molecular complexity index is 1360. The van der Waals surface area contributed by atoms with Gasteiger partial charge in [-0.05, 0) is 31.0 Å². The number of phenols is 1. The smallest absolute Gasteiger partial charge is 0.328 e. The van der Waals surface area contributed by atoms with Gasteiger partial charge in [0.1, 0.15) is 42.0 Å². The summed E-state index contributed by atoms with van der Waals surface area (Å²) in [5.41, 5.74) is 16.3. The lowest BCUT2D eigenvalue weighted by molar-refractivity contribution is -0.143. The molecule has 0 aliphatic rings. The summed E-state index contributed by atoms with van der Waals surface area (Å²) in [6.45, 7) is -0.711. The molecule has 0 aromatic heterocycles. The van der Waals surface area contributed by atoms with E-state index in [1.54, 1.807) is 0 Å². The molecule has 1 aromatic carbocycles. The number of carboxylic acid groups (broad SMARTS) is 1. The fourth-order valence-electron chi connectivity index (χ4n) is 4.06. The van der Waals surface area contributed by atoms with Crippen molar-refractivity contribution in [3.63, 3.8) is 0 Å². The zero-order valence-electron chi connectivity index (χ0n) is 26.3. The first-order valence-corrected chi connectivity index (χ1v) is 14.6. The number of nitrogens with two attached hydrogens (primary N) is 3. The number of aromatic hydroxyl groups is 1. The maximum absolute atomic E-state index is 13.3. The SMILES string of the molecule is C[C@@H](O)[C@H](NC(=O)[C@H](Cc1ccc(O)cc1)NC(=O)[C@@H](N)CO)C(=O)N[C@@H](CCC(N)=O)C(=O)N[C@@H](CC(N)=O)C(=O)N[C@@H](CO)C(=O)O. The van der Waals surface area contributed by atoms with Crippen LogP contribution in [0.25, 0.3) is 0 Å². The molecule has 16 N–H and O–H groups in total. The minimum Gasteiger partial charge on any atom is -0.508 e. The van der Waals surface area contributed by atoms with Gasteiger partial charge in [-0.15, -0.1) is 0 Å². The van der Waals surface area contributed by atoms with Gasteiger partial charge in [0, 0.05) is 12.8 Å². The van der Waals surface area contributed by atoms with E-state index in [9.17, 15) is 58.8 Å². The second kappa shape index (κ2) is 20.1. The number of primary amides is 2. The topological polar surface area (TPSA) is 376 Å². The number of aliphatic carboxylic acids is 1. The summed E-state index contributed by atoms with van der Waals surface area (Å²) in [6, 6.07) is -4.52. The Morgan fingerprint density at radius 3 is 1.69 bits per heavy atom. The Balaban J connectivity index is 3.28. The normalized spacial score (nSPS) is 15.1. The predicted molar refractivity (Wildman–Crippen MR) is 165 cm³/mol. The molecule has 272 valence electrons. The number of carboxylic acids is 1. The van der Waals surface area contributed by atoms with Crippen molar-refractivity contribution < 1.29 is 63.9 Å². The molecule has 0 saturated heterocycles. The Hall–Kier alpha value is -5.38. The molecule has 0 fully saturated rings. The molecule has 0 unspecified atom stereocenters. The van der Waals surface area contributed by atoms with Crippen LogP contribution in [0.15, 0.2) is 24.3 Å². The second-order valence-corrected chi connectivity index (χ2v) is 10.8. The average molecular weight is 699 g/mol. The van der Waals surface area contributed by atoms with Crippen molar-refractivity contribution in [2.24, 2.45) is 17.2 Å². The highest BCUT2D eigenvalue weighted by Gasteiger charge is 2.35. The molecule has 0 aliphatic carbocycles. The number of amides is 7. The van der Waals surface area contributed by atoms with Crippen LogP contribution >= 0.6 is 0 Å². The van der Waals surface area contributed by atoms with Gasteiger partial charge in [0.2, 0.25) is 41.4 Å². The van der Waals surface area contributed by atoms with Gasteiger partial charge in [0.15, 0.2) is 0 Å². The fourth-order valence-corrected chi connectivity index (χ4v) is 4.06. The van der Waals surface area contributed by atoms with Gasteiger partial charge < -0.3 is 69.3 Å². The summed E-state index contributed by atoms with van der Waals surface area (Å²) in [5.74, 6) is -9.36. The van der Waals surface area contributed by atoms with Gasteiger partial charge in [-0.25, -0.2) is 4.79 Å². The maximum atomic E-state index is 13.3. The lowest BCUT2D eigenvalue weighted by Crippen LogP contribution is -2.62. The summed E-state index contributed by atoms with van der Waals surface area (Å²) < 4.78 is 0. The molecule has 21 heteroatoms.